The molecule has 1 aliphatic rings. The summed E-state index contributed by atoms with van der Waals surface area (Å²) in [6, 6.07) is 22.6. The third-order valence-electron chi connectivity index (χ3n) is 6.07. The van der Waals surface area contributed by atoms with Gasteiger partial charge in [-0.05, 0) is 61.0 Å². The standard InChI is InChI=1S/C29H25ClN6O3S/c1-18-8-11-21(14-24(18)30)32-26(37)15-25-28(38)33-29(40-25)34-31-16-20-17-36(22-6-4-3-5-7-22)35-27(20)19-9-12-23(39-2)13-10-19/h3-14,16-17,25H,15H2,1-2H3,(H,32,37)(H,33,34,38). The fourth-order valence-corrected chi connectivity index (χ4v) is 5.05. The molecule has 1 atom stereocenters. The first kappa shape index (κ1) is 27.2. The molecule has 2 amide bonds. The quantitative estimate of drug-likeness (QED) is 0.215. The molecule has 0 spiro atoms. The van der Waals surface area contributed by atoms with Crippen LogP contribution in [0.5, 0.6) is 5.75 Å². The number of halogens is 1. The number of anilines is 1. The Kier molecular flexibility index (Phi) is 8.28. The van der Waals surface area contributed by atoms with E-state index in [-0.39, 0.29) is 18.2 Å². The Morgan fingerprint density at radius 3 is 2.67 bits per heavy atom. The first-order valence-electron chi connectivity index (χ1n) is 12.3. The number of carbonyl (C=O) groups excluding carboxylic acids is 2. The maximum atomic E-state index is 12.5. The number of nitrogens with one attached hydrogen (secondary N) is 2. The van der Waals surface area contributed by atoms with Crippen LogP contribution in [0.15, 0.2) is 89.2 Å². The van der Waals surface area contributed by atoms with E-state index < -0.39 is 5.25 Å². The van der Waals surface area contributed by atoms with Crippen molar-refractivity contribution in [2.45, 2.75) is 18.6 Å². The second-order valence-corrected chi connectivity index (χ2v) is 10.5. The zero-order valence-electron chi connectivity index (χ0n) is 21.7. The smallest absolute Gasteiger partial charge is 0.240 e. The van der Waals surface area contributed by atoms with Crippen molar-refractivity contribution in [3.8, 4) is 22.7 Å². The Hall–Kier alpha value is -4.41. The van der Waals surface area contributed by atoms with E-state index in [0.717, 1.165) is 39.9 Å². The van der Waals surface area contributed by atoms with Crippen molar-refractivity contribution in [1.82, 2.24) is 15.1 Å². The Morgan fingerprint density at radius 2 is 1.95 bits per heavy atom. The summed E-state index contributed by atoms with van der Waals surface area (Å²) in [6.45, 7) is 1.88. The van der Waals surface area contributed by atoms with E-state index in [1.165, 1.54) is 0 Å². The SMILES string of the molecule is COc1ccc(-c2nn(-c3ccccc3)cc2C=N/N=C2\NC(=O)C(CC(=O)Nc3ccc(C)c(Cl)c3)S2)cc1. The number of hydrogen-bond donors (Lipinski definition) is 2. The van der Waals surface area contributed by atoms with Gasteiger partial charge in [0.2, 0.25) is 11.8 Å². The van der Waals surface area contributed by atoms with Crippen LogP contribution in [-0.2, 0) is 9.59 Å². The van der Waals surface area contributed by atoms with E-state index in [4.69, 9.17) is 21.4 Å². The van der Waals surface area contributed by atoms with Gasteiger partial charge in [-0.1, -0.05) is 47.6 Å². The van der Waals surface area contributed by atoms with Crippen LogP contribution in [0.1, 0.15) is 17.5 Å². The molecule has 1 unspecified atom stereocenters. The van der Waals surface area contributed by atoms with Gasteiger partial charge in [0.1, 0.15) is 16.7 Å². The summed E-state index contributed by atoms with van der Waals surface area (Å²) in [7, 11) is 1.62. The number of nitrogens with zero attached hydrogens (tertiary/aromatic N) is 4. The van der Waals surface area contributed by atoms with E-state index in [1.54, 1.807) is 30.1 Å². The number of benzene rings is 3. The molecule has 1 saturated heterocycles. The highest BCUT2D eigenvalue weighted by Crippen LogP contribution is 2.26. The number of aryl methyl sites for hydroxylation is 1. The monoisotopic (exact) mass is 572 g/mol. The van der Waals surface area contributed by atoms with E-state index >= 15 is 0 Å². The average Bonchev–Trinajstić information content (AvgIpc) is 3.54. The summed E-state index contributed by atoms with van der Waals surface area (Å²) in [5, 5.41) is 18.9. The van der Waals surface area contributed by atoms with Crippen LogP contribution < -0.4 is 15.4 Å². The summed E-state index contributed by atoms with van der Waals surface area (Å²) in [5.41, 5.74) is 4.72. The molecular formula is C29H25ClN6O3S. The van der Waals surface area contributed by atoms with Crippen molar-refractivity contribution in [3.05, 3.63) is 95.1 Å². The average molecular weight is 573 g/mol. The molecule has 1 aliphatic heterocycles. The fraction of sp³-hybridized carbons (Fsp3) is 0.138. The molecule has 0 saturated carbocycles. The van der Waals surface area contributed by atoms with Gasteiger partial charge in [-0.2, -0.15) is 10.2 Å². The number of rotatable bonds is 8. The molecule has 0 aliphatic carbocycles. The normalized spacial score (nSPS) is 15.9. The minimum absolute atomic E-state index is 0.0177. The van der Waals surface area contributed by atoms with Crippen LogP contribution in [0.2, 0.25) is 5.02 Å². The van der Waals surface area contributed by atoms with Crippen molar-refractivity contribution < 1.29 is 14.3 Å². The second-order valence-electron chi connectivity index (χ2n) is 8.90. The number of hydrogen-bond acceptors (Lipinski definition) is 7. The molecule has 1 aromatic heterocycles. The summed E-state index contributed by atoms with van der Waals surface area (Å²) < 4.78 is 7.05. The molecule has 40 heavy (non-hydrogen) atoms. The number of ether oxygens (including phenoxy) is 1. The first-order chi connectivity index (χ1) is 19.4. The number of methoxy groups -OCH3 is 1. The van der Waals surface area contributed by atoms with Gasteiger partial charge >= 0.3 is 0 Å². The number of aromatic nitrogens is 2. The lowest BCUT2D eigenvalue weighted by Gasteiger charge is -2.08. The van der Waals surface area contributed by atoms with E-state index in [0.29, 0.717) is 21.6 Å². The van der Waals surface area contributed by atoms with Gasteiger partial charge in [0, 0.05) is 34.5 Å². The number of thioether (sulfide) groups is 1. The predicted octanol–water partition coefficient (Wildman–Crippen LogP) is 5.46. The number of para-hydroxylation sites is 1. The molecule has 4 aromatic rings. The maximum absolute atomic E-state index is 12.5. The lowest BCUT2D eigenvalue weighted by Crippen LogP contribution is -2.28. The molecule has 2 heterocycles. The van der Waals surface area contributed by atoms with E-state index in [1.807, 2.05) is 73.8 Å². The minimum atomic E-state index is -0.620. The summed E-state index contributed by atoms with van der Waals surface area (Å²) >= 11 is 7.29. The zero-order chi connectivity index (χ0) is 28.1. The highest BCUT2D eigenvalue weighted by Gasteiger charge is 2.32. The molecule has 9 nitrogen and oxygen atoms in total. The molecule has 0 bridgehead atoms. The van der Waals surface area contributed by atoms with Crippen molar-refractivity contribution in [2.75, 3.05) is 12.4 Å². The van der Waals surface area contributed by atoms with Gasteiger partial charge in [-0.3, -0.25) is 9.59 Å². The molecule has 0 radical (unpaired) electrons. The van der Waals surface area contributed by atoms with Crippen molar-refractivity contribution in [1.29, 1.82) is 0 Å². The van der Waals surface area contributed by atoms with Crippen LogP contribution >= 0.6 is 23.4 Å². The Morgan fingerprint density at radius 1 is 1.18 bits per heavy atom. The first-order valence-corrected chi connectivity index (χ1v) is 13.6. The van der Waals surface area contributed by atoms with Gasteiger partial charge in [0.25, 0.3) is 0 Å². The lowest BCUT2D eigenvalue weighted by molar-refractivity contribution is -0.122. The van der Waals surface area contributed by atoms with E-state index in [2.05, 4.69) is 20.8 Å². The van der Waals surface area contributed by atoms with Crippen LogP contribution in [0.25, 0.3) is 16.9 Å². The van der Waals surface area contributed by atoms with Gasteiger partial charge in [-0.25, -0.2) is 4.68 Å². The van der Waals surface area contributed by atoms with Gasteiger partial charge < -0.3 is 15.4 Å². The Balaban J connectivity index is 1.30. The van der Waals surface area contributed by atoms with E-state index in [9.17, 15) is 9.59 Å². The lowest BCUT2D eigenvalue weighted by atomic mass is 10.1. The highest BCUT2D eigenvalue weighted by molar-refractivity contribution is 8.15. The van der Waals surface area contributed by atoms with Gasteiger partial charge in [0.15, 0.2) is 5.17 Å². The Labute approximate surface area is 240 Å². The molecule has 3 aromatic carbocycles. The minimum Gasteiger partial charge on any atom is -0.497 e. The van der Waals surface area contributed by atoms with Gasteiger partial charge in [-0.15, -0.1) is 5.10 Å². The van der Waals surface area contributed by atoms with Gasteiger partial charge in [0.05, 0.1) is 19.0 Å². The molecule has 202 valence electrons. The van der Waals surface area contributed by atoms with Crippen molar-refractivity contribution in [2.24, 2.45) is 10.2 Å². The van der Waals surface area contributed by atoms with Crippen LogP contribution in [0.4, 0.5) is 5.69 Å². The summed E-state index contributed by atoms with van der Waals surface area (Å²) in [5.74, 6) is 0.148. The number of carbonyl (C=O) groups is 2. The molecular weight excluding hydrogens is 548 g/mol. The van der Waals surface area contributed by atoms with Crippen LogP contribution in [0, 0.1) is 6.92 Å². The second kappa shape index (κ2) is 12.2. The van der Waals surface area contributed by atoms with Crippen molar-refractivity contribution in [3.63, 3.8) is 0 Å². The third kappa shape index (κ3) is 6.41. The Bertz CT molecular complexity index is 1600. The molecule has 1 fully saturated rings. The molecule has 2 N–H and O–H groups in total. The molecule has 5 rings (SSSR count). The summed E-state index contributed by atoms with van der Waals surface area (Å²) in [4.78, 5) is 25.0. The topological polar surface area (TPSA) is 110 Å². The van der Waals surface area contributed by atoms with Crippen molar-refractivity contribution >= 4 is 52.2 Å². The maximum Gasteiger partial charge on any atom is 0.240 e. The zero-order valence-corrected chi connectivity index (χ0v) is 23.2. The molecule has 11 heteroatoms. The highest BCUT2D eigenvalue weighted by atomic mass is 35.5. The third-order valence-corrected chi connectivity index (χ3v) is 7.55. The predicted molar refractivity (Wildman–Crippen MR) is 160 cm³/mol. The number of amides is 2. The van der Waals surface area contributed by atoms with Crippen LogP contribution in [-0.4, -0.2) is 45.3 Å². The largest absolute Gasteiger partial charge is 0.497 e. The summed E-state index contributed by atoms with van der Waals surface area (Å²) in [6.07, 6.45) is 3.44. The number of amidine groups is 1. The fourth-order valence-electron chi connectivity index (χ4n) is 3.95. The van der Waals surface area contributed by atoms with Crippen LogP contribution in [0.3, 0.4) is 0 Å².